The van der Waals surface area contributed by atoms with Gasteiger partial charge in [-0.15, -0.1) is 0 Å². The van der Waals surface area contributed by atoms with Crippen LogP contribution < -0.4 is 10.1 Å². The van der Waals surface area contributed by atoms with Crippen molar-refractivity contribution in [2.24, 2.45) is 0 Å². The van der Waals surface area contributed by atoms with Gasteiger partial charge in [-0.3, -0.25) is 19.4 Å². The van der Waals surface area contributed by atoms with Crippen LogP contribution in [0.3, 0.4) is 0 Å². The molecule has 1 saturated carbocycles. The topological polar surface area (TPSA) is 229 Å². The normalized spacial score (nSPS) is 17.7. The lowest BCUT2D eigenvalue weighted by molar-refractivity contribution is -0.163. The second-order valence-electron chi connectivity index (χ2n) is 15.2. The van der Waals surface area contributed by atoms with Crippen molar-refractivity contribution in [1.29, 1.82) is 0 Å². The SMILES string of the molecule is CN(CC(O)C(O)[C@H](O)[C@H](O)CO)C(=O)CCCOc1ccc(CN2C(=O)C(C(=O)Nc3ccc(C(F)(F)F)cc3-c3cc(C(F)(F)F)ncn3)=C(O)C3(CCCC3)N2C)c(F)c1F. The Labute approximate surface area is 359 Å². The van der Waals surface area contributed by atoms with Gasteiger partial charge >= 0.3 is 12.4 Å². The molecule has 64 heavy (non-hydrogen) atoms. The van der Waals surface area contributed by atoms with E-state index < -0.39 is 142 Å². The maximum Gasteiger partial charge on any atom is 0.433 e. The minimum Gasteiger partial charge on any atom is -0.509 e. The third-order valence-corrected chi connectivity index (χ3v) is 11.0. The average Bonchev–Trinajstić information content (AvgIpc) is 3.75. The molecule has 5 rings (SSSR count). The Hall–Kier alpha value is -5.53. The maximum absolute atomic E-state index is 15.7. The molecule has 2 heterocycles. The molecule has 4 atom stereocenters. The summed E-state index contributed by atoms with van der Waals surface area (Å²) in [6.45, 7) is -2.42. The number of nitrogens with zero attached hydrogens (tertiary/aromatic N) is 5. The van der Waals surface area contributed by atoms with E-state index in [4.69, 9.17) is 9.84 Å². The predicted molar refractivity (Wildman–Crippen MR) is 205 cm³/mol. The number of carbonyl (C=O) groups is 3. The van der Waals surface area contributed by atoms with Gasteiger partial charge in [0.1, 0.15) is 47.8 Å². The molecule has 350 valence electrons. The number of hydrogen-bond acceptors (Lipinski definition) is 13. The third kappa shape index (κ3) is 10.5. The van der Waals surface area contributed by atoms with Gasteiger partial charge in [-0.05, 0) is 49.6 Å². The standard InChI is InChI=1S/C40H44F8N6O10/c1-52(17-25(56)33(59)34(60)26(57)18-55)29(58)6-5-13-64-27-10-7-20(31(41)32(27)42)16-54-37(63)30(35(61)38(53(54)2)11-3-4-12-38)36(62)51-23-9-8-21(39(43,44)45)14-22(23)24-15-28(40(46,47)48)50-19-49-24/h7-10,14-15,19,25-26,33-34,55-57,59-61H,3-6,11-13,16-18H2,1-2H3,(H,51,62)/t25?,26-,33?,34-/m1/s1. The number of ether oxygens (including phenoxy) is 1. The van der Waals surface area contributed by atoms with E-state index in [1.54, 1.807) is 0 Å². The van der Waals surface area contributed by atoms with Crippen LogP contribution in [-0.4, -0.2) is 137 Å². The molecule has 2 aliphatic rings. The number of likely N-dealkylation sites (N-methyl/N-ethyl adjacent to an activating group) is 2. The van der Waals surface area contributed by atoms with Crippen LogP contribution in [0, 0.1) is 11.6 Å². The molecule has 3 aromatic rings. The van der Waals surface area contributed by atoms with Crippen molar-refractivity contribution < 1.29 is 84.9 Å². The van der Waals surface area contributed by atoms with Gasteiger partial charge < -0.3 is 45.6 Å². The number of halogens is 8. The molecule has 1 aromatic heterocycles. The molecular weight excluding hydrogens is 876 g/mol. The molecule has 2 unspecified atom stereocenters. The first-order chi connectivity index (χ1) is 29.9. The number of hydrogen-bond donors (Lipinski definition) is 7. The van der Waals surface area contributed by atoms with E-state index in [1.165, 1.54) is 19.1 Å². The molecule has 16 nitrogen and oxygen atoms in total. The predicted octanol–water partition coefficient (Wildman–Crippen LogP) is 3.47. The molecular formula is C40H44F8N6O10. The number of benzene rings is 2. The summed E-state index contributed by atoms with van der Waals surface area (Å²) in [6.07, 6.45) is -15.8. The Kier molecular flexibility index (Phi) is 15.2. The van der Waals surface area contributed by atoms with Crippen LogP contribution in [0.25, 0.3) is 11.3 Å². The number of aromatic nitrogens is 2. The third-order valence-electron chi connectivity index (χ3n) is 11.0. The van der Waals surface area contributed by atoms with Crippen molar-refractivity contribution in [2.75, 3.05) is 39.2 Å². The average molecular weight is 921 g/mol. The lowest BCUT2D eigenvalue weighted by atomic mass is 9.88. The highest BCUT2D eigenvalue weighted by atomic mass is 19.4. The number of nitrogens with one attached hydrogen (secondary N) is 1. The number of alkyl halides is 6. The van der Waals surface area contributed by atoms with Gasteiger partial charge in [-0.2, -0.15) is 30.7 Å². The van der Waals surface area contributed by atoms with Gasteiger partial charge in [-0.25, -0.2) is 19.4 Å². The minimum atomic E-state index is -5.03. The van der Waals surface area contributed by atoms with Gasteiger partial charge in [-0.1, -0.05) is 18.9 Å². The second kappa shape index (κ2) is 19.7. The molecule has 1 spiro atoms. The summed E-state index contributed by atoms with van der Waals surface area (Å²) in [6, 6.07) is 4.15. The summed E-state index contributed by atoms with van der Waals surface area (Å²) in [5, 5.41) is 64.2. The Morgan fingerprint density at radius 1 is 0.938 bits per heavy atom. The van der Waals surface area contributed by atoms with Crippen molar-refractivity contribution in [3.05, 3.63) is 82.5 Å². The van der Waals surface area contributed by atoms with Gasteiger partial charge in [0.05, 0.1) is 42.2 Å². The van der Waals surface area contributed by atoms with Crippen molar-refractivity contribution in [2.45, 2.75) is 87.4 Å². The minimum absolute atomic E-state index is 0.0477. The largest absolute Gasteiger partial charge is 0.509 e. The lowest BCUT2D eigenvalue weighted by Gasteiger charge is -2.48. The molecule has 2 aromatic carbocycles. The van der Waals surface area contributed by atoms with Crippen molar-refractivity contribution in [3.63, 3.8) is 0 Å². The summed E-state index contributed by atoms with van der Waals surface area (Å²) in [7, 11) is 2.64. The van der Waals surface area contributed by atoms with Crippen molar-refractivity contribution in [1.82, 2.24) is 24.9 Å². The molecule has 1 aliphatic carbocycles. The van der Waals surface area contributed by atoms with E-state index in [0.29, 0.717) is 37.4 Å². The summed E-state index contributed by atoms with van der Waals surface area (Å²) < 4.78 is 118. The van der Waals surface area contributed by atoms with Crippen LogP contribution in [-0.2, 0) is 33.3 Å². The number of carbonyl (C=O) groups excluding carboxylic acids is 3. The fraction of sp³-hybridized carbons (Fsp3) is 0.475. The van der Waals surface area contributed by atoms with Gasteiger partial charge in [0.15, 0.2) is 11.6 Å². The Morgan fingerprint density at radius 3 is 2.22 bits per heavy atom. The van der Waals surface area contributed by atoms with Crippen LogP contribution >= 0.6 is 0 Å². The highest BCUT2D eigenvalue weighted by Crippen LogP contribution is 2.45. The zero-order valence-electron chi connectivity index (χ0n) is 34.0. The van der Waals surface area contributed by atoms with E-state index in [1.807, 2.05) is 0 Å². The van der Waals surface area contributed by atoms with Gasteiger partial charge in [0.2, 0.25) is 11.7 Å². The number of amides is 3. The maximum atomic E-state index is 15.7. The van der Waals surface area contributed by atoms with Crippen LogP contribution in [0.5, 0.6) is 5.75 Å². The van der Waals surface area contributed by atoms with E-state index in [0.717, 1.165) is 28.1 Å². The number of anilines is 1. The van der Waals surface area contributed by atoms with Gasteiger partial charge in [0.25, 0.3) is 11.8 Å². The number of hydrazine groups is 1. The highest BCUT2D eigenvalue weighted by Gasteiger charge is 2.53. The summed E-state index contributed by atoms with van der Waals surface area (Å²) in [5.41, 5.74) is -7.48. The molecule has 7 N–H and O–H groups in total. The summed E-state index contributed by atoms with van der Waals surface area (Å²) in [5.74, 6) is -7.50. The highest BCUT2D eigenvalue weighted by molar-refractivity contribution is 6.24. The zero-order chi connectivity index (χ0) is 47.5. The van der Waals surface area contributed by atoms with E-state index >= 15 is 8.78 Å². The molecule has 0 radical (unpaired) electrons. The fourth-order valence-electron chi connectivity index (χ4n) is 7.39. The summed E-state index contributed by atoms with van der Waals surface area (Å²) >= 11 is 0. The summed E-state index contributed by atoms with van der Waals surface area (Å²) in [4.78, 5) is 48.4. The Bertz CT molecular complexity index is 2240. The van der Waals surface area contributed by atoms with Crippen LogP contribution in [0.1, 0.15) is 55.3 Å². The van der Waals surface area contributed by atoms with Crippen molar-refractivity contribution in [3.8, 4) is 17.0 Å². The molecule has 1 fully saturated rings. The lowest BCUT2D eigenvalue weighted by Crippen LogP contribution is -2.62. The van der Waals surface area contributed by atoms with Crippen LogP contribution in [0.4, 0.5) is 40.8 Å². The molecule has 3 amide bonds. The fourth-order valence-corrected chi connectivity index (χ4v) is 7.39. The Balaban J connectivity index is 1.33. The molecule has 24 heteroatoms. The first-order valence-electron chi connectivity index (χ1n) is 19.5. The second-order valence-corrected chi connectivity index (χ2v) is 15.2. The van der Waals surface area contributed by atoms with Crippen molar-refractivity contribution >= 4 is 23.4 Å². The van der Waals surface area contributed by atoms with E-state index in [2.05, 4.69) is 15.3 Å². The smallest absolute Gasteiger partial charge is 0.433 e. The number of aliphatic hydroxyl groups excluding tert-OH is 6. The molecule has 0 bridgehead atoms. The quantitative estimate of drug-likeness (QED) is 0.0622. The number of aliphatic hydroxyl groups is 6. The van der Waals surface area contributed by atoms with Gasteiger partial charge in [0, 0.05) is 38.2 Å². The van der Waals surface area contributed by atoms with E-state index in [9.17, 15) is 66.3 Å². The molecule has 0 saturated heterocycles. The van der Waals surface area contributed by atoms with Crippen LogP contribution in [0.2, 0.25) is 0 Å². The first kappa shape index (κ1) is 49.5. The Morgan fingerprint density at radius 2 is 1.59 bits per heavy atom. The molecule has 1 aliphatic heterocycles. The monoisotopic (exact) mass is 920 g/mol. The first-order valence-corrected chi connectivity index (χ1v) is 19.5. The van der Waals surface area contributed by atoms with Crippen LogP contribution in [0.15, 0.2) is 54.1 Å². The zero-order valence-corrected chi connectivity index (χ0v) is 34.0. The van der Waals surface area contributed by atoms with E-state index in [-0.39, 0.29) is 32.3 Å². The number of rotatable bonds is 16.